The lowest BCUT2D eigenvalue weighted by Gasteiger charge is -2.17. The summed E-state index contributed by atoms with van der Waals surface area (Å²) in [5.41, 5.74) is 3.60. The van der Waals surface area contributed by atoms with E-state index in [0.717, 1.165) is 30.2 Å². The lowest BCUT2D eigenvalue weighted by Crippen LogP contribution is -2.12. The number of aromatic nitrogens is 1. The molecule has 0 saturated heterocycles. The summed E-state index contributed by atoms with van der Waals surface area (Å²) in [6.45, 7) is 2.97. The van der Waals surface area contributed by atoms with Crippen LogP contribution in [0, 0.1) is 6.92 Å². The number of fused-ring (bicyclic) bond motifs is 1. The molecule has 130 valence electrons. The zero-order valence-corrected chi connectivity index (χ0v) is 15.3. The Morgan fingerprint density at radius 3 is 2.48 bits per heavy atom. The maximum atomic E-state index is 5.20. The predicted octanol–water partition coefficient (Wildman–Crippen LogP) is 4.27. The number of hydrogen-bond donors (Lipinski definition) is 1. The molecule has 0 radical (unpaired) electrons. The summed E-state index contributed by atoms with van der Waals surface area (Å²) < 4.78 is 5.20. The number of rotatable bonds is 6. The number of anilines is 2. The van der Waals surface area contributed by atoms with Crippen molar-refractivity contribution in [1.29, 1.82) is 0 Å². The first-order valence-corrected chi connectivity index (χ1v) is 8.52. The third-order valence-electron chi connectivity index (χ3n) is 4.33. The van der Waals surface area contributed by atoms with Gasteiger partial charge < -0.3 is 15.0 Å². The largest absolute Gasteiger partial charge is 0.497 e. The minimum atomic E-state index is 0.859. The molecule has 3 rings (SSSR count). The topological polar surface area (TPSA) is 37.4 Å². The summed E-state index contributed by atoms with van der Waals surface area (Å²) in [5, 5.41) is 5.93. The van der Waals surface area contributed by atoms with Crippen LogP contribution in [-0.4, -0.2) is 32.7 Å². The molecule has 3 aromatic rings. The maximum absolute atomic E-state index is 5.20. The highest BCUT2D eigenvalue weighted by Gasteiger charge is 2.09. The van der Waals surface area contributed by atoms with Crippen molar-refractivity contribution in [2.24, 2.45) is 0 Å². The van der Waals surface area contributed by atoms with E-state index in [-0.39, 0.29) is 0 Å². The summed E-state index contributed by atoms with van der Waals surface area (Å²) in [6, 6.07) is 14.7. The van der Waals surface area contributed by atoms with Crippen molar-refractivity contribution in [1.82, 2.24) is 4.98 Å². The molecule has 0 spiro atoms. The lowest BCUT2D eigenvalue weighted by atomic mass is 10.1. The molecular formula is C21H25N3O. The SMILES string of the molecule is COc1ccc(CCNc2cnc(N(C)C)c3cc(C)ccc23)cc1. The standard InChI is InChI=1S/C21H25N3O/c1-15-5-10-18-19(13-15)21(24(2)3)23-14-20(18)22-12-11-16-6-8-17(25-4)9-7-16/h5-10,13-14,22H,11-12H2,1-4H3. The van der Waals surface area contributed by atoms with Gasteiger partial charge in [0.2, 0.25) is 0 Å². The van der Waals surface area contributed by atoms with Crippen LogP contribution < -0.4 is 15.0 Å². The normalized spacial score (nSPS) is 10.7. The van der Waals surface area contributed by atoms with Crippen LogP contribution in [0.3, 0.4) is 0 Å². The van der Waals surface area contributed by atoms with Gasteiger partial charge in [0.25, 0.3) is 0 Å². The number of methoxy groups -OCH3 is 1. The highest BCUT2D eigenvalue weighted by molar-refractivity contribution is 6.00. The van der Waals surface area contributed by atoms with Crippen molar-refractivity contribution in [2.45, 2.75) is 13.3 Å². The van der Waals surface area contributed by atoms with Gasteiger partial charge >= 0.3 is 0 Å². The fourth-order valence-electron chi connectivity index (χ4n) is 2.97. The first kappa shape index (κ1) is 17.1. The minimum Gasteiger partial charge on any atom is -0.497 e. The highest BCUT2D eigenvalue weighted by atomic mass is 16.5. The van der Waals surface area contributed by atoms with Crippen LogP contribution in [0.1, 0.15) is 11.1 Å². The Morgan fingerprint density at radius 2 is 1.80 bits per heavy atom. The van der Waals surface area contributed by atoms with E-state index in [1.807, 2.05) is 32.4 Å². The van der Waals surface area contributed by atoms with Crippen molar-refractivity contribution < 1.29 is 4.74 Å². The van der Waals surface area contributed by atoms with Crippen LogP contribution in [-0.2, 0) is 6.42 Å². The van der Waals surface area contributed by atoms with E-state index in [9.17, 15) is 0 Å². The van der Waals surface area contributed by atoms with Crippen molar-refractivity contribution in [2.75, 3.05) is 38.0 Å². The minimum absolute atomic E-state index is 0.859. The molecule has 0 amide bonds. The van der Waals surface area contributed by atoms with E-state index < -0.39 is 0 Å². The molecule has 1 heterocycles. The van der Waals surface area contributed by atoms with Crippen LogP contribution in [0.15, 0.2) is 48.7 Å². The summed E-state index contributed by atoms with van der Waals surface area (Å²) in [6.07, 6.45) is 2.88. The van der Waals surface area contributed by atoms with Gasteiger partial charge in [0.1, 0.15) is 11.6 Å². The van der Waals surface area contributed by atoms with Crippen LogP contribution in [0.5, 0.6) is 5.75 Å². The highest BCUT2D eigenvalue weighted by Crippen LogP contribution is 2.30. The summed E-state index contributed by atoms with van der Waals surface area (Å²) >= 11 is 0. The number of hydrogen-bond acceptors (Lipinski definition) is 4. The van der Waals surface area contributed by atoms with Gasteiger partial charge in [-0.05, 0) is 37.1 Å². The van der Waals surface area contributed by atoms with Gasteiger partial charge in [-0.2, -0.15) is 0 Å². The molecule has 0 unspecified atom stereocenters. The second kappa shape index (κ2) is 7.43. The van der Waals surface area contributed by atoms with Gasteiger partial charge in [0, 0.05) is 31.4 Å². The number of ether oxygens (including phenoxy) is 1. The van der Waals surface area contributed by atoms with Crippen LogP contribution in [0.2, 0.25) is 0 Å². The van der Waals surface area contributed by atoms with Gasteiger partial charge in [-0.15, -0.1) is 0 Å². The van der Waals surface area contributed by atoms with E-state index in [1.54, 1.807) is 7.11 Å². The zero-order chi connectivity index (χ0) is 17.8. The molecule has 2 aromatic carbocycles. The first-order valence-electron chi connectivity index (χ1n) is 8.52. The molecular weight excluding hydrogens is 310 g/mol. The Bertz CT molecular complexity index is 857. The number of aryl methyl sites for hydroxylation is 1. The Kier molecular flexibility index (Phi) is 5.08. The molecule has 0 atom stereocenters. The molecule has 0 fully saturated rings. The Hall–Kier alpha value is -2.75. The summed E-state index contributed by atoms with van der Waals surface area (Å²) in [7, 11) is 5.75. The fourth-order valence-corrected chi connectivity index (χ4v) is 2.97. The smallest absolute Gasteiger partial charge is 0.136 e. The van der Waals surface area contributed by atoms with Crippen molar-refractivity contribution in [3.63, 3.8) is 0 Å². The van der Waals surface area contributed by atoms with Gasteiger partial charge in [-0.25, -0.2) is 4.98 Å². The molecule has 0 saturated carbocycles. The van der Waals surface area contributed by atoms with E-state index in [1.165, 1.54) is 21.9 Å². The van der Waals surface area contributed by atoms with Crippen LogP contribution in [0.4, 0.5) is 11.5 Å². The number of nitrogens with zero attached hydrogens (tertiary/aromatic N) is 2. The van der Waals surface area contributed by atoms with Crippen molar-refractivity contribution in [3.8, 4) is 5.75 Å². The quantitative estimate of drug-likeness (QED) is 0.730. The average Bonchev–Trinajstić information content (AvgIpc) is 2.61. The van der Waals surface area contributed by atoms with Crippen LogP contribution in [0.25, 0.3) is 10.8 Å². The molecule has 0 bridgehead atoms. The van der Waals surface area contributed by atoms with Crippen LogP contribution >= 0.6 is 0 Å². The van der Waals surface area contributed by atoms with Gasteiger partial charge in [0.15, 0.2) is 0 Å². The molecule has 25 heavy (non-hydrogen) atoms. The maximum Gasteiger partial charge on any atom is 0.136 e. The molecule has 0 aliphatic rings. The van der Waals surface area contributed by atoms with Crippen molar-refractivity contribution in [3.05, 3.63) is 59.8 Å². The molecule has 0 aliphatic heterocycles. The Labute approximate surface area is 149 Å². The molecule has 4 heteroatoms. The third kappa shape index (κ3) is 3.85. The number of pyridine rings is 1. The van der Waals surface area contributed by atoms with E-state index in [2.05, 4.69) is 52.5 Å². The molecule has 4 nitrogen and oxygen atoms in total. The molecule has 1 N–H and O–H groups in total. The van der Waals surface area contributed by atoms with Crippen molar-refractivity contribution >= 4 is 22.3 Å². The number of benzene rings is 2. The molecule has 0 aliphatic carbocycles. The number of nitrogens with one attached hydrogen (secondary N) is 1. The zero-order valence-electron chi connectivity index (χ0n) is 15.3. The summed E-state index contributed by atoms with van der Waals surface area (Å²) in [5.74, 6) is 1.89. The third-order valence-corrected chi connectivity index (χ3v) is 4.33. The van der Waals surface area contributed by atoms with E-state index in [0.29, 0.717) is 0 Å². The van der Waals surface area contributed by atoms with E-state index in [4.69, 9.17) is 4.74 Å². The Morgan fingerprint density at radius 1 is 1.04 bits per heavy atom. The molecule has 1 aromatic heterocycles. The predicted molar refractivity (Wildman–Crippen MR) is 106 cm³/mol. The first-order chi connectivity index (χ1) is 12.1. The second-order valence-corrected chi connectivity index (χ2v) is 6.46. The average molecular weight is 335 g/mol. The van der Waals surface area contributed by atoms with Gasteiger partial charge in [0.05, 0.1) is 19.0 Å². The fraction of sp³-hybridized carbons (Fsp3) is 0.286. The second-order valence-electron chi connectivity index (χ2n) is 6.46. The summed E-state index contributed by atoms with van der Waals surface area (Å²) in [4.78, 5) is 6.70. The Balaban J connectivity index is 1.78. The lowest BCUT2D eigenvalue weighted by molar-refractivity contribution is 0.414. The van der Waals surface area contributed by atoms with Gasteiger partial charge in [-0.3, -0.25) is 0 Å². The van der Waals surface area contributed by atoms with E-state index >= 15 is 0 Å². The monoisotopic (exact) mass is 335 g/mol. The van der Waals surface area contributed by atoms with Gasteiger partial charge in [-0.1, -0.05) is 29.8 Å².